The van der Waals surface area contributed by atoms with Crippen molar-refractivity contribution in [3.8, 4) is 0 Å². The molecular weight excluding hydrogens is 258 g/mol. The third-order valence-electron chi connectivity index (χ3n) is 4.42. The Bertz CT molecular complexity index is 559. The SMILES string of the molecule is CCCNC(Cn1c(CC)nc2ccccc21)C(C)CC. The van der Waals surface area contributed by atoms with E-state index in [1.165, 1.54) is 24.2 Å². The van der Waals surface area contributed by atoms with Crippen LogP contribution in [0.25, 0.3) is 11.0 Å². The van der Waals surface area contributed by atoms with Crippen LogP contribution in [0, 0.1) is 5.92 Å². The number of fused-ring (bicyclic) bond motifs is 1. The zero-order chi connectivity index (χ0) is 15.2. The molecule has 2 unspecified atom stereocenters. The first-order valence-corrected chi connectivity index (χ1v) is 8.38. The summed E-state index contributed by atoms with van der Waals surface area (Å²) in [5.74, 6) is 1.87. The molecule has 0 aliphatic rings. The minimum absolute atomic E-state index is 0.512. The van der Waals surface area contributed by atoms with E-state index >= 15 is 0 Å². The van der Waals surface area contributed by atoms with Gasteiger partial charge in [-0.05, 0) is 31.0 Å². The number of aryl methyl sites for hydroxylation is 1. The molecule has 21 heavy (non-hydrogen) atoms. The number of benzene rings is 1. The summed E-state index contributed by atoms with van der Waals surface area (Å²) in [5, 5.41) is 3.73. The van der Waals surface area contributed by atoms with Gasteiger partial charge >= 0.3 is 0 Å². The van der Waals surface area contributed by atoms with Crippen molar-refractivity contribution in [2.75, 3.05) is 6.54 Å². The number of imidazole rings is 1. The van der Waals surface area contributed by atoms with Crippen molar-refractivity contribution in [3.05, 3.63) is 30.1 Å². The minimum atomic E-state index is 0.512. The molecule has 2 rings (SSSR count). The molecule has 0 amide bonds. The lowest BCUT2D eigenvalue weighted by atomic mass is 9.98. The van der Waals surface area contributed by atoms with Crippen LogP contribution < -0.4 is 5.32 Å². The van der Waals surface area contributed by atoms with Gasteiger partial charge in [0.2, 0.25) is 0 Å². The van der Waals surface area contributed by atoms with Crippen LogP contribution in [0.3, 0.4) is 0 Å². The third kappa shape index (κ3) is 3.65. The zero-order valence-corrected chi connectivity index (χ0v) is 13.9. The van der Waals surface area contributed by atoms with Crippen LogP contribution in [-0.2, 0) is 13.0 Å². The van der Waals surface area contributed by atoms with E-state index in [0.717, 1.165) is 25.0 Å². The lowest BCUT2D eigenvalue weighted by Crippen LogP contribution is -2.39. The van der Waals surface area contributed by atoms with E-state index in [9.17, 15) is 0 Å². The lowest BCUT2D eigenvalue weighted by molar-refractivity contribution is 0.330. The number of hydrogen-bond acceptors (Lipinski definition) is 2. The highest BCUT2D eigenvalue weighted by Gasteiger charge is 2.18. The Labute approximate surface area is 128 Å². The van der Waals surface area contributed by atoms with Crippen molar-refractivity contribution in [1.29, 1.82) is 0 Å². The second kappa shape index (κ2) is 7.60. The Balaban J connectivity index is 2.30. The molecule has 116 valence electrons. The van der Waals surface area contributed by atoms with E-state index in [1.807, 2.05) is 0 Å². The maximum atomic E-state index is 4.78. The van der Waals surface area contributed by atoms with Gasteiger partial charge < -0.3 is 9.88 Å². The van der Waals surface area contributed by atoms with E-state index in [1.54, 1.807) is 0 Å². The van der Waals surface area contributed by atoms with Gasteiger partial charge in [-0.2, -0.15) is 0 Å². The summed E-state index contributed by atoms with van der Waals surface area (Å²) >= 11 is 0. The van der Waals surface area contributed by atoms with Gasteiger partial charge in [-0.3, -0.25) is 0 Å². The van der Waals surface area contributed by atoms with E-state index in [-0.39, 0.29) is 0 Å². The van der Waals surface area contributed by atoms with Crippen LogP contribution >= 0.6 is 0 Å². The van der Waals surface area contributed by atoms with Gasteiger partial charge in [0.1, 0.15) is 5.82 Å². The maximum absolute atomic E-state index is 4.78. The second-order valence-corrected chi connectivity index (χ2v) is 5.93. The standard InChI is InChI=1S/C18H29N3/c1-5-12-19-16(14(4)6-2)13-21-17-11-9-8-10-15(17)20-18(21)7-3/h8-11,14,16,19H,5-7,12-13H2,1-4H3. The van der Waals surface area contributed by atoms with Gasteiger partial charge in [-0.1, -0.05) is 46.2 Å². The Hall–Kier alpha value is -1.35. The monoisotopic (exact) mass is 287 g/mol. The summed E-state index contributed by atoms with van der Waals surface area (Å²) in [6.07, 6.45) is 3.36. The topological polar surface area (TPSA) is 29.9 Å². The van der Waals surface area contributed by atoms with Crippen molar-refractivity contribution >= 4 is 11.0 Å². The van der Waals surface area contributed by atoms with Crippen LogP contribution in [0.15, 0.2) is 24.3 Å². The molecule has 0 aliphatic heterocycles. The predicted molar refractivity (Wildman–Crippen MR) is 90.6 cm³/mol. The van der Waals surface area contributed by atoms with Crippen LogP contribution in [0.4, 0.5) is 0 Å². The highest BCUT2D eigenvalue weighted by molar-refractivity contribution is 5.75. The Kier molecular flexibility index (Phi) is 5.80. The van der Waals surface area contributed by atoms with Gasteiger partial charge in [0, 0.05) is 19.0 Å². The van der Waals surface area contributed by atoms with Crippen LogP contribution in [-0.4, -0.2) is 22.1 Å². The molecular formula is C18H29N3. The molecule has 2 atom stereocenters. The highest BCUT2D eigenvalue weighted by atomic mass is 15.1. The van der Waals surface area contributed by atoms with E-state index in [0.29, 0.717) is 12.0 Å². The highest BCUT2D eigenvalue weighted by Crippen LogP contribution is 2.19. The Morgan fingerprint density at radius 2 is 1.95 bits per heavy atom. The summed E-state index contributed by atoms with van der Waals surface area (Å²) in [6.45, 7) is 11.1. The summed E-state index contributed by atoms with van der Waals surface area (Å²) in [7, 11) is 0. The number of nitrogens with one attached hydrogen (secondary N) is 1. The maximum Gasteiger partial charge on any atom is 0.109 e. The van der Waals surface area contributed by atoms with Crippen molar-refractivity contribution in [1.82, 2.24) is 14.9 Å². The molecule has 1 heterocycles. The molecule has 0 spiro atoms. The number of nitrogens with zero attached hydrogens (tertiary/aromatic N) is 2. The fourth-order valence-corrected chi connectivity index (χ4v) is 2.86. The van der Waals surface area contributed by atoms with E-state index in [2.05, 4.69) is 61.8 Å². The fraction of sp³-hybridized carbons (Fsp3) is 0.611. The van der Waals surface area contributed by atoms with Gasteiger partial charge in [0.05, 0.1) is 11.0 Å². The smallest absolute Gasteiger partial charge is 0.109 e. The number of rotatable bonds is 8. The van der Waals surface area contributed by atoms with Gasteiger partial charge in [0.15, 0.2) is 0 Å². The first-order valence-electron chi connectivity index (χ1n) is 8.38. The molecule has 0 saturated heterocycles. The number of para-hydroxylation sites is 2. The molecule has 0 aliphatic carbocycles. The average molecular weight is 287 g/mol. The molecule has 1 aromatic heterocycles. The number of hydrogen-bond donors (Lipinski definition) is 1. The van der Waals surface area contributed by atoms with E-state index < -0.39 is 0 Å². The van der Waals surface area contributed by atoms with Crippen LogP contribution in [0.5, 0.6) is 0 Å². The summed E-state index contributed by atoms with van der Waals surface area (Å²) in [4.78, 5) is 4.78. The third-order valence-corrected chi connectivity index (χ3v) is 4.42. The first kappa shape index (κ1) is 16.0. The molecule has 3 heteroatoms. The predicted octanol–water partition coefficient (Wildman–Crippen LogP) is 4.01. The summed E-state index contributed by atoms with van der Waals surface area (Å²) < 4.78 is 2.41. The molecule has 1 aromatic carbocycles. The normalized spacial score (nSPS) is 14.5. The fourth-order valence-electron chi connectivity index (χ4n) is 2.86. The largest absolute Gasteiger partial charge is 0.326 e. The molecule has 2 aromatic rings. The zero-order valence-electron chi connectivity index (χ0n) is 13.9. The van der Waals surface area contributed by atoms with Gasteiger partial charge in [-0.25, -0.2) is 4.98 Å². The van der Waals surface area contributed by atoms with Crippen molar-refractivity contribution < 1.29 is 0 Å². The van der Waals surface area contributed by atoms with Crippen LogP contribution in [0.1, 0.15) is 46.4 Å². The Morgan fingerprint density at radius 1 is 1.19 bits per heavy atom. The molecule has 0 saturated carbocycles. The lowest BCUT2D eigenvalue weighted by Gasteiger charge is -2.26. The quantitative estimate of drug-likeness (QED) is 0.795. The van der Waals surface area contributed by atoms with Crippen molar-refractivity contribution in [3.63, 3.8) is 0 Å². The van der Waals surface area contributed by atoms with Gasteiger partial charge in [0.25, 0.3) is 0 Å². The van der Waals surface area contributed by atoms with Crippen LogP contribution in [0.2, 0.25) is 0 Å². The molecule has 0 fully saturated rings. The average Bonchev–Trinajstić information content (AvgIpc) is 2.88. The first-order chi connectivity index (χ1) is 10.2. The minimum Gasteiger partial charge on any atom is -0.326 e. The number of aromatic nitrogens is 2. The van der Waals surface area contributed by atoms with Crippen molar-refractivity contribution in [2.45, 2.75) is 59.5 Å². The van der Waals surface area contributed by atoms with E-state index in [4.69, 9.17) is 4.98 Å². The van der Waals surface area contributed by atoms with Gasteiger partial charge in [-0.15, -0.1) is 0 Å². The molecule has 0 bridgehead atoms. The summed E-state index contributed by atoms with van der Waals surface area (Å²) in [5.41, 5.74) is 2.38. The molecule has 3 nitrogen and oxygen atoms in total. The Morgan fingerprint density at radius 3 is 2.62 bits per heavy atom. The molecule has 0 radical (unpaired) electrons. The second-order valence-electron chi connectivity index (χ2n) is 5.93. The summed E-state index contributed by atoms with van der Waals surface area (Å²) in [6, 6.07) is 8.99. The van der Waals surface area contributed by atoms with Crippen molar-refractivity contribution in [2.24, 2.45) is 5.92 Å². The molecule has 1 N–H and O–H groups in total.